The number of methoxy groups -OCH3 is 1. The average molecular weight is 340 g/mol. The maximum absolute atomic E-state index is 5.70. The van der Waals surface area contributed by atoms with Crippen molar-refractivity contribution in [1.29, 1.82) is 0 Å². The summed E-state index contributed by atoms with van der Waals surface area (Å²) in [6.45, 7) is 4.69. The van der Waals surface area contributed by atoms with Crippen LogP contribution in [0.5, 0.6) is 11.5 Å². The number of nitrogens with zero attached hydrogens (tertiary/aromatic N) is 2. The summed E-state index contributed by atoms with van der Waals surface area (Å²) in [5.41, 5.74) is 3.21. The van der Waals surface area contributed by atoms with Crippen LogP contribution in [-0.2, 0) is 0 Å². The fourth-order valence-electron chi connectivity index (χ4n) is 3.74. The number of hydrogen-bond acceptors (Lipinski definition) is 4. The monoisotopic (exact) mass is 340 g/mol. The van der Waals surface area contributed by atoms with Gasteiger partial charge in [0.05, 0.1) is 25.1 Å². The first-order valence-electron chi connectivity index (χ1n) is 9.26. The van der Waals surface area contributed by atoms with Crippen molar-refractivity contribution in [2.75, 3.05) is 18.6 Å². The van der Waals surface area contributed by atoms with E-state index in [-0.39, 0.29) is 0 Å². The van der Waals surface area contributed by atoms with Crippen LogP contribution in [0.1, 0.15) is 44.7 Å². The Morgan fingerprint density at radius 3 is 2.44 bits per heavy atom. The zero-order chi connectivity index (χ0) is 17.6. The Bertz CT molecular complexity index is 679. The highest BCUT2D eigenvalue weighted by Crippen LogP contribution is 2.40. The fourth-order valence-corrected chi connectivity index (χ4v) is 3.74. The second-order valence-electron chi connectivity index (χ2n) is 6.54. The van der Waals surface area contributed by atoms with E-state index in [9.17, 15) is 0 Å². The van der Waals surface area contributed by atoms with Gasteiger partial charge in [0.15, 0.2) is 5.75 Å². The van der Waals surface area contributed by atoms with Gasteiger partial charge in [-0.15, -0.1) is 0 Å². The Morgan fingerprint density at radius 1 is 1.08 bits per heavy atom. The van der Waals surface area contributed by atoms with E-state index in [2.05, 4.69) is 40.2 Å². The number of rotatable bonds is 6. The van der Waals surface area contributed by atoms with Gasteiger partial charge < -0.3 is 14.4 Å². The Balaban J connectivity index is 2.02. The minimum absolute atomic E-state index is 0.488. The van der Waals surface area contributed by atoms with Crippen molar-refractivity contribution in [3.05, 3.63) is 42.2 Å². The first-order chi connectivity index (χ1) is 12.2. The van der Waals surface area contributed by atoms with Gasteiger partial charge in [0, 0.05) is 17.9 Å². The molecule has 0 spiro atoms. The molecule has 1 fully saturated rings. The lowest BCUT2D eigenvalue weighted by molar-refractivity contribution is 0.340. The molecule has 0 radical (unpaired) electrons. The zero-order valence-electron chi connectivity index (χ0n) is 15.5. The molecule has 0 unspecified atom stereocenters. The summed E-state index contributed by atoms with van der Waals surface area (Å²) in [7, 11) is 1.73. The van der Waals surface area contributed by atoms with E-state index in [4.69, 9.17) is 9.47 Å². The zero-order valence-corrected chi connectivity index (χ0v) is 15.5. The fraction of sp³-hybridized carbons (Fsp3) is 0.476. The van der Waals surface area contributed by atoms with Crippen molar-refractivity contribution in [3.8, 4) is 11.5 Å². The highest BCUT2D eigenvalue weighted by Gasteiger charge is 2.26. The molecule has 25 heavy (non-hydrogen) atoms. The predicted octanol–water partition coefficient (Wildman–Crippen LogP) is 5.27. The number of aryl methyl sites for hydroxylation is 1. The molecule has 1 saturated carbocycles. The largest absolute Gasteiger partial charge is 0.494 e. The standard InChI is InChI=1S/C21H28N2O2/c1-4-25-19-12-10-18(11-13-19)23(17-8-6-5-7-9-17)20-14-15-22-16(2)21(20)24-3/h10-15,17H,4-9H2,1-3H3. The molecule has 0 atom stereocenters. The molecule has 134 valence electrons. The van der Waals surface area contributed by atoms with Crippen LogP contribution >= 0.6 is 0 Å². The van der Waals surface area contributed by atoms with Gasteiger partial charge >= 0.3 is 0 Å². The van der Waals surface area contributed by atoms with Crippen LogP contribution in [0.4, 0.5) is 11.4 Å². The van der Waals surface area contributed by atoms with E-state index in [0.29, 0.717) is 12.6 Å². The number of hydrogen-bond donors (Lipinski definition) is 0. The number of ether oxygens (including phenoxy) is 2. The van der Waals surface area contributed by atoms with Crippen LogP contribution in [0.15, 0.2) is 36.5 Å². The SMILES string of the molecule is CCOc1ccc(N(c2ccnc(C)c2OC)C2CCCCC2)cc1. The van der Waals surface area contributed by atoms with E-state index in [1.54, 1.807) is 7.11 Å². The molecule has 3 rings (SSSR count). The third-order valence-corrected chi connectivity index (χ3v) is 4.89. The summed E-state index contributed by atoms with van der Waals surface area (Å²) in [6, 6.07) is 11.0. The number of benzene rings is 1. The van der Waals surface area contributed by atoms with E-state index >= 15 is 0 Å². The molecular weight excluding hydrogens is 312 g/mol. The van der Waals surface area contributed by atoms with Gasteiger partial charge in [-0.3, -0.25) is 4.98 Å². The van der Waals surface area contributed by atoms with Gasteiger partial charge in [-0.05, 0) is 57.0 Å². The van der Waals surface area contributed by atoms with Crippen LogP contribution in [-0.4, -0.2) is 24.7 Å². The number of anilines is 2. The Hall–Kier alpha value is -2.23. The molecule has 0 aliphatic heterocycles. The first-order valence-corrected chi connectivity index (χ1v) is 9.26. The minimum Gasteiger partial charge on any atom is -0.494 e. The summed E-state index contributed by atoms with van der Waals surface area (Å²) in [5.74, 6) is 1.77. The predicted molar refractivity (Wildman–Crippen MR) is 102 cm³/mol. The second-order valence-corrected chi connectivity index (χ2v) is 6.54. The third kappa shape index (κ3) is 3.89. The Kier molecular flexibility index (Phi) is 5.79. The third-order valence-electron chi connectivity index (χ3n) is 4.89. The molecule has 0 saturated heterocycles. The first kappa shape index (κ1) is 17.6. The highest BCUT2D eigenvalue weighted by molar-refractivity contribution is 5.71. The van der Waals surface area contributed by atoms with Gasteiger partial charge in [0.2, 0.25) is 0 Å². The highest BCUT2D eigenvalue weighted by atomic mass is 16.5. The molecule has 1 aromatic heterocycles. The molecule has 0 bridgehead atoms. The molecule has 1 aliphatic carbocycles. The van der Waals surface area contributed by atoms with Crippen LogP contribution in [0.25, 0.3) is 0 Å². The summed E-state index contributed by atoms with van der Waals surface area (Å²) in [5, 5.41) is 0. The Labute approximate surface area is 150 Å². The van der Waals surface area contributed by atoms with Crippen LogP contribution < -0.4 is 14.4 Å². The number of pyridine rings is 1. The van der Waals surface area contributed by atoms with Crippen molar-refractivity contribution >= 4 is 11.4 Å². The number of aromatic nitrogens is 1. The van der Waals surface area contributed by atoms with E-state index in [0.717, 1.165) is 22.9 Å². The summed E-state index contributed by atoms with van der Waals surface area (Å²) < 4.78 is 11.3. The molecule has 1 heterocycles. The maximum atomic E-state index is 5.70. The van der Waals surface area contributed by atoms with Crippen molar-refractivity contribution in [1.82, 2.24) is 4.98 Å². The molecule has 1 aromatic carbocycles. The topological polar surface area (TPSA) is 34.6 Å². The van der Waals surface area contributed by atoms with E-state index < -0.39 is 0 Å². The molecule has 2 aromatic rings. The van der Waals surface area contributed by atoms with Crippen LogP contribution in [0.2, 0.25) is 0 Å². The lowest BCUT2D eigenvalue weighted by atomic mass is 9.93. The molecule has 4 heteroatoms. The van der Waals surface area contributed by atoms with E-state index in [1.807, 2.05) is 20.0 Å². The lowest BCUT2D eigenvalue weighted by Gasteiger charge is -2.37. The van der Waals surface area contributed by atoms with Crippen LogP contribution in [0, 0.1) is 6.92 Å². The van der Waals surface area contributed by atoms with Gasteiger partial charge in [-0.2, -0.15) is 0 Å². The van der Waals surface area contributed by atoms with Crippen molar-refractivity contribution in [2.45, 2.75) is 52.0 Å². The quantitative estimate of drug-likeness (QED) is 0.717. The maximum Gasteiger partial charge on any atom is 0.163 e. The van der Waals surface area contributed by atoms with Gasteiger partial charge in [0.1, 0.15) is 5.75 Å². The second kappa shape index (κ2) is 8.24. The smallest absolute Gasteiger partial charge is 0.163 e. The van der Waals surface area contributed by atoms with Gasteiger partial charge in [-0.25, -0.2) is 0 Å². The summed E-state index contributed by atoms with van der Waals surface area (Å²) in [6.07, 6.45) is 8.18. The van der Waals surface area contributed by atoms with Gasteiger partial charge in [0.25, 0.3) is 0 Å². The van der Waals surface area contributed by atoms with E-state index in [1.165, 1.54) is 37.8 Å². The summed E-state index contributed by atoms with van der Waals surface area (Å²) >= 11 is 0. The molecule has 4 nitrogen and oxygen atoms in total. The van der Waals surface area contributed by atoms with Crippen LogP contribution in [0.3, 0.4) is 0 Å². The van der Waals surface area contributed by atoms with Crippen molar-refractivity contribution < 1.29 is 9.47 Å². The summed E-state index contributed by atoms with van der Waals surface area (Å²) in [4.78, 5) is 6.83. The van der Waals surface area contributed by atoms with Gasteiger partial charge in [-0.1, -0.05) is 19.3 Å². The molecule has 1 aliphatic rings. The van der Waals surface area contributed by atoms with Crippen molar-refractivity contribution in [2.24, 2.45) is 0 Å². The minimum atomic E-state index is 0.488. The molecular formula is C21H28N2O2. The normalized spacial score (nSPS) is 15.0. The Morgan fingerprint density at radius 2 is 1.80 bits per heavy atom. The molecule has 0 N–H and O–H groups in total. The molecule has 0 amide bonds. The average Bonchev–Trinajstić information content (AvgIpc) is 2.65. The lowest BCUT2D eigenvalue weighted by Crippen LogP contribution is -2.33. The van der Waals surface area contributed by atoms with Crippen molar-refractivity contribution in [3.63, 3.8) is 0 Å².